The monoisotopic (exact) mass is 205 g/mol. The van der Waals surface area contributed by atoms with E-state index in [0.29, 0.717) is 5.76 Å². The van der Waals surface area contributed by atoms with E-state index in [4.69, 9.17) is 4.42 Å². The molecule has 0 bridgehead atoms. The minimum Gasteiger partial charge on any atom is -0.469 e. The average Bonchev–Trinajstić information content (AvgIpc) is 2.71. The summed E-state index contributed by atoms with van der Waals surface area (Å²) in [6, 6.07) is 4.73. The Morgan fingerprint density at radius 3 is 3.00 bits per heavy atom. The number of ketones is 1. The van der Waals surface area contributed by atoms with Crippen molar-refractivity contribution in [1.82, 2.24) is 4.98 Å². The van der Waals surface area contributed by atoms with Crippen LogP contribution in [0.2, 0.25) is 0 Å². The summed E-state index contributed by atoms with van der Waals surface area (Å²) >= 11 is 0. The van der Waals surface area contributed by atoms with Gasteiger partial charge in [0.25, 0.3) is 0 Å². The van der Waals surface area contributed by atoms with Gasteiger partial charge in [0.1, 0.15) is 5.76 Å². The number of hydrogen-bond acceptors (Lipinski definition) is 3. The van der Waals surface area contributed by atoms with Gasteiger partial charge in [-0.15, -0.1) is 0 Å². The van der Waals surface area contributed by atoms with Crippen LogP contribution in [0.3, 0.4) is 0 Å². The number of nitrogens with zero attached hydrogens (tertiary/aromatic N) is 1. The zero-order valence-corrected chi connectivity index (χ0v) is 7.81. The predicted octanol–water partition coefficient (Wildman–Crippen LogP) is 2.24. The molecule has 0 amide bonds. The third kappa shape index (κ3) is 2.10. The molecule has 0 aliphatic carbocycles. The maximum absolute atomic E-state index is 13.2. The molecule has 15 heavy (non-hydrogen) atoms. The molecule has 0 atom stereocenters. The van der Waals surface area contributed by atoms with E-state index < -0.39 is 5.82 Å². The van der Waals surface area contributed by atoms with Crippen LogP contribution < -0.4 is 0 Å². The van der Waals surface area contributed by atoms with Crippen LogP contribution in [0.5, 0.6) is 0 Å². The summed E-state index contributed by atoms with van der Waals surface area (Å²) in [6.45, 7) is 0. The Morgan fingerprint density at radius 2 is 2.33 bits per heavy atom. The molecule has 0 fully saturated rings. The Morgan fingerprint density at radius 1 is 1.47 bits per heavy atom. The van der Waals surface area contributed by atoms with E-state index in [0.717, 1.165) is 6.20 Å². The van der Waals surface area contributed by atoms with Crippen LogP contribution in [0.15, 0.2) is 41.3 Å². The van der Waals surface area contributed by atoms with Gasteiger partial charge < -0.3 is 4.42 Å². The van der Waals surface area contributed by atoms with Gasteiger partial charge in [-0.3, -0.25) is 9.78 Å². The van der Waals surface area contributed by atoms with E-state index in [2.05, 4.69) is 4.98 Å². The van der Waals surface area contributed by atoms with E-state index in [9.17, 15) is 9.18 Å². The Balaban J connectivity index is 2.19. The zero-order valence-electron chi connectivity index (χ0n) is 7.81. The molecule has 2 heterocycles. The molecule has 0 radical (unpaired) electrons. The number of Topliss-reactive ketones (excluding diaryl/α,β-unsaturated/α-hetero) is 1. The largest absolute Gasteiger partial charge is 0.469 e. The van der Waals surface area contributed by atoms with Gasteiger partial charge >= 0.3 is 0 Å². The quantitative estimate of drug-likeness (QED) is 0.721. The van der Waals surface area contributed by atoms with E-state index in [1.807, 2.05) is 0 Å². The number of carbonyl (C=O) groups is 1. The first-order valence-corrected chi connectivity index (χ1v) is 4.42. The fourth-order valence-electron chi connectivity index (χ4n) is 1.27. The number of hydrogen-bond donors (Lipinski definition) is 0. The van der Waals surface area contributed by atoms with Crippen LogP contribution in [-0.2, 0) is 6.42 Å². The molecule has 2 aromatic rings. The highest BCUT2D eigenvalue weighted by Gasteiger charge is 2.12. The molecule has 2 aromatic heterocycles. The summed E-state index contributed by atoms with van der Waals surface area (Å²) in [7, 11) is 0. The Kier molecular flexibility index (Phi) is 2.58. The molecule has 2 rings (SSSR count). The van der Waals surface area contributed by atoms with Crippen molar-refractivity contribution in [2.75, 3.05) is 0 Å². The Bertz CT molecular complexity index is 465. The summed E-state index contributed by atoms with van der Waals surface area (Å²) in [5, 5.41) is 0. The van der Waals surface area contributed by atoms with Crippen LogP contribution in [0.4, 0.5) is 4.39 Å². The molecule has 0 N–H and O–H groups in total. The van der Waals surface area contributed by atoms with Crippen LogP contribution in [-0.4, -0.2) is 10.8 Å². The van der Waals surface area contributed by atoms with Gasteiger partial charge in [0.15, 0.2) is 11.6 Å². The first-order chi connectivity index (χ1) is 7.27. The number of pyridine rings is 1. The molecule has 76 valence electrons. The van der Waals surface area contributed by atoms with Gasteiger partial charge in [-0.2, -0.15) is 0 Å². The molecule has 0 aromatic carbocycles. The summed E-state index contributed by atoms with van der Waals surface area (Å²) in [5.41, 5.74) is 0.0430. The molecule has 4 heteroatoms. The van der Waals surface area contributed by atoms with E-state index in [1.165, 1.54) is 18.5 Å². The van der Waals surface area contributed by atoms with Crippen LogP contribution >= 0.6 is 0 Å². The molecular weight excluding hydrogens is 197 g/mol. The van der Waals surface area contributed by atoms with Gasteiger partial charge in [-0.05, 0) is 18.2 Å². The minimum atomic E-state index is -0.603. The maximum Gasteiger partial charge on any atom is 0.173 e. The highest BCUT2D eigenvalue weighted by molar-refractivity contribution is 5.97. The third-order valence-electron chi connectivity index (χ3n) is 1.99. The standard InChI is InChI=1S/C11H8FNO2/c12-10-7-13-4-3-9(10)11(14)6-8-2-1-5-15-8/h1-5,7H,6H2. The average molecular weight is 205 g/mol. The molecule has 0 spiro atoms. The normalized spacial score (nSPS) is 10.2. The topological polar surface area (TPSA) is 43.1 Å². The van der Waals surface area contributed by atoms with Crippen LogP contribution in [0.1, 0.15) is 16.1 Å². The zero-order chi connectivity index (χ0) is 10.7. The van der Waals surface area contributed by atoms with Gasteiger partial charge in [-0.1, -0.05) is 0 Å². The van der Waals surface area contributed by atoms with Crippen LogP contribution in [0.25, 0.3) is 0 Å². The van der Waals surface area contributed by atoms with Crippen molar-refractivity contribution in [2.24, 2.45) is 0 Å². The van der Waals surface area contributed by atoms with E-state index in [1.54, 1.807) is 12.1 Å². The van der Waals surface area contributed by atoms with Gasteiger partial charge in [0.2, 0.25) is 0 Å². The van der Waals surface area contributed by atoms with Crippen molar-refractivity contribution in [1.29, 1.82) is 0 Å². The molecular formula is C11H8FNO2. The van der Waals surface area contributed by atoms with Gasteiger partial charge in [0, 0.05) is 6.20 Å². The first kappa shape index (κ1) is 9.58. The Hall–Kier alpha value is -1.97. The third-order valence-corrected chi connectivity index (χ3v) is 1.99. The number of furan rings is 1. The lowest BCUT2D eigenvalue weighted by atomic mass is 10.1. The van der Waals surface area contributed by atoms with Crippen molar-refractivity contribution in [2.45, 2.75) is 6.42 Å². The lowest BCUT2D eigenvalue weighted by Crippen LogP contribution is -2.05. The summed E-state index contributed by atoms with van der Waals surface area (Å²) in [5.74, 6) is -0.393. The summed E-state index contributed by atoms with van der Waals surface area (Å²) in [4.78, 5) is 15.2. The highest BCUT2D eigenvalue weighted by Crippen LogP contribution is 2.10. The molecule has 0 aliphatic rings. The molecule has 3 nitrogen and oxygen atoms in total. The molecule has 0 saturated heterocycles. The number of aromatic nitrogens is 1. The lowest BCUT2D eigenvalue weighted by Gasteiger charge is -1.99. The van der Waals surface area contributed by atoms with Crippen molar-refractivity contribution in [3.63, 3.8) is 0 Å². The first-order valence-electron chi connectivity index (χ1n) is 4.42. The lowest BCUT2D eigenvalue weighted by molar-refractivity contribution is 0.0983. The van der Waals surface area contributed by atoms with Gasteiger partial charge in [0.05, 0.1) is 24.4 Å². The highest BCUT2D eigenvalue weighted by atomic mass is 19.1. The number of halogens is 1. The smallest absolute Gasteiger partial charge is 0.173 e. The van der Waals surface area contributed by atoms with Crippen molar-refractivity contribution in [3.8, 4) is 0 Å². The van der Waals surface area contributed by atoms with Crippen molar-refractivity contribution >= 4 is 5.78 Å². The molecule has 0 unspecified atom stereocenters. The molecule has 0 aliphatic heterocycles. The fourth-order valence-corrected chi connectivity index (χ4v) is 1.27. The SMILES string of the molecule is O=C(Cc1ccco1)c1ccncc1F. The van der Waals surface area contributed by atoms with Crippen molar-refractivity contribution < 1.29 is 13.6 Å². The minimum absolute atomic E-state index is 0.0430. The second-order valence-electron chi connectivity index (χ2n) is 3.03. The van der Waals surface area contributed by atoms with Gasteiger partial charge in [-0.25, -0.2) is 4.39 Å². The second-order valence-corrected chi connectivity index (χ2v) is 3.03. The van der Waals surface area contributed by atoms with E-state index >= 15 is 0 Å². The summed E-state index contributed by atoms with van der Waals surface area (Å²) in [6.07, 6.45) is 3.95. The Labute approximate surface area is 85.6 Å². The second kappa shape index (κ2) is 4.04. The predicted molar refractivity (Wildman–Crippen MR) is 50.9 cm³/mol. The van der Waals surface area contributed by atoms with Crippen LogP contribution in [0, 0.1) is 5.82 Å². The fraction of sp³-hybridized carbons (Fsp3) is 0.0909. The number of carbonyl (C=O) groups excluding carboxylic acids is 1. The summed E-state index contributed by atoms with van der Waals surface area (Å²) < 4.78 is 18.2. The number of rotatable bonds is 3. The van der Waals surface area contributed by atoms with E-state index in [-0.39, 0.29) is 17.8 Å². The van der Waals surface area contributed by atoms with Crippen molar-refractivity contribution in [3.05, 3.63) is 54.0 Å². The molecule has 0 saturated carbocycles. The maximum atomic E-state index is 13.2.